The number of rotatable bonds is 2. The van der Waals surface area contributed by atoms with Crippen LogP contribution in [0.25, 0.3) is 10.9 Å². The predicted molar refractivity (Wildman–Crippen MR) is 77.9 cm³/mol. The predicted octanol–water partition coefficient (Wildman–Crippen LogP) is 2.31. The number of aliphatic carboxylic acids is 1. The molecule has 5 nitrogen and oxygen atoms in total. The first-order valence-electron chi connectivity index (χ1n) is 7.07. The van der Waals surface area contributed by atoms with Crippen molar-refractivity contribution in [1.82, 2.24) is 9.88 Å². The van der Waals surface area contributed by atoms with Gasteiger partial charge >= 0.3 is 5.97 Å². The van der Waals surface area contributed by atoms with Gasteiger partial charge in [-0.2, -0.15) is 0 Å². The number of carboxylic acids is 1. The van der Waals surface area contributed by atoms with Crippen molar-refractivity contribution in [2.75, 3.05) is 6.54 Å². The third-order valence-electron chi connectivity index (χ3n) is 4.23. The molecule has 0 saturated carbocycles. The maximum absolute atomic E-state index is 13.8. The van der Waals surface area contributed by atoms with E-state index < -0.39 is 23.7 Å². The van der Waals surface area contributed by atoms with Crippen LogP contribution in [-0.2, 0) is 4.79 Å². The molecule has 1 aromatic heterocycles. The fourth-order valence-corrected chi connectivity index (χ4v) is 3.03. The summed E-state index contributed by atoms with van der Waals surface area (Å²) < 4.78 is 13.8. The minimum atomic E-state index is -0.912. The van der Waals surface area contributed by atoms with Crippen LogP contribution >= 0.6 is 0 Å². The number of fused-ring (bicyclic) bond motifs is 1. The molecular weight excluding hydrogens is 287 g/mol. The van der Waals surface area contributed by atoms with Crippen molar-refractivity contribution in [2.45, 2.75) is 19.4 Å². The Morgan fingerprint density at radius 2 is 2.18 bits per heavy atom. The zero-order chi connectivity index (χ0) is 15.9. The highest BCUT2D eigenvalue weighted by Crippen LogP contribution is 2.28. The van der Waals surface area contributed by atoms with Gasteiger partial charge in [0.25, 0.3) is 5.91 Å². The van der Waals surface area contributed by atoms with E-state index in [1.54, 1.807) is 25.3 Å². The molecule has 0 radical (unpaired) electrons. The van der Waals surface area contributed by atoms with Crippen molar-refractivity contribution < 1.29 is 19.1 Å². The summed E-state index contributed by atoms with van der Waals surface area (Å²) in [6.45, 7) is 2.06. The van der Waals surface area contributed by atoms with Gasteiger partial charge in [-0.1, -0.05) is 6.07 Å². The van der Waals surface area contributed by atoms with Crippen molar-refractivity contribution >= 4 is 22.8 Å². The van der Waals surface area contributed by atoms with Gasteiger partial charge < -0.3 is 10.0 Å². The van der Waals surface area contributed by atoms with E-state index in [4.69, 9.17) is 5.11 Å². The van der Waals surface area contributed by atoms with Crippen LogP contribution in [0.2, 0.25) is 0 Å². The molecule has 0 spiro atoms. The molecule has 1 aliphatic rings. The molecule has 0 bridgehead atoms. The highest BCUT2D eigenvalue weighted by atomic mass is 19.1. The van der Waals surface area contributed by atoms with E-state index in [0.717, 1.165) is 0 Å². The summed E-state index contributed by atoms with van der Waals surface area (Å²) in [5.41, 5.74) is 0.605. The third-order valence-corrected chi connectivity index (χ3v) is 4.23. The second-order valence-electron chi connectivity index (χ2n) is 5.50. The van der Waals surface area contributed by atoms with E-state index in [9.17, 15) is 14.0 Å². The second kappa shape index (κ2) is 5.36. The van der Waals surface area contributed by atoms with Crippen LogP contribution in [0.5, 0.6) is 0 Å². The van der Waals surface area contributed by atoms with Crippen LogP contribution in [0, 0.1) is 11.7 Å². The molecule has 3 rings (SSSR count). The van der Waals surface area contributed by atoms with Gasteiger partial charge in [0.1, 0.15) is 5.82 Å². The van der Waals surface area contributed by atoms with Crippen molar-refractivity contribution in [3.05, 3.63) is 41.8 Å². The SMILES string of the molecule is CC1C(C(=O)O)CCN1C(=O)c1cc(F)cc2cccnc12. The van der Waals surface area contributed by atoms with Crippen molar-refractivity contribution in [2.24, 2.45) is 5.92 Å². The Morgan fingerprint density at radius 1 is 1.41 bits per heavy atom. The van der Waals surface area contributed by atoms with E-state index >= 15 is 0 Å². The molecule has 114 valence electrons. The number of pyridine rings is 1. The number of nitrogens with zero attached hydrogens (tertiary/aromatic N) is 2. The summed E-state index contributed by atoms with van der Waals surface area (Å²) in [6, 6.07) is 5.43. The Bertz CT molecular complexity index is 762. The average molecular weight is 302 g/mol. The molecule has 2 heterocycles. The monoisotopic (exact) mass is 302 g/mol. The summed E-state index contributed by atoms with van der Waals surface area (Å²) in [5, 5.41) is 9.71. The van der Waals surface area contributed by atoms with E-state index in [-0.39, 0.29) is 11.5 Å². The summed E-state index contributed by atoms with van der Waals surface area (Å²) in [6.07, 6.45) is 1.95. The van der Waals surface area contributed by atoms with Crippen molar-refractivity contribution in [3.8, 4) is 0 Å². The lowest BCUT2D eigenvalue weighted by Gasteiger charge is -2.23. The minimum absolute atomic E-state index is 0.175. The average Bonchev–Trinajstić information content (AvgIpc) is 2.87. The molecular formula is C16H15FN2O3. The van der Waals surface area contributed by atoms with Gasteiger partial charge in [-0.3, -0.25) is 14.6 Å². The lowest BCUT2D eigenvalue weighted by Crippen LogP contribution is -2.37. The highest BCUT2D eigenvalue weighted by molar-refractivity contribution is 6.05. The number of amides is 1. The number of likely N-dealkylation sites (tertiary alicyclic amines) is 1. The molecule has 2 unspecified atom stereocenters. The lowest BCUT2D eigenvalue weighted by molar-refractivity contribution is -0.142. The van der Waals surface area contributed by atoms with Crippen LogP contribution in [0.1, 0.15) is 23.7 Å². The Hall–Kier alpha value is -2.50. The molecule has 1 fully saturated rings. The fourth-order valence-electron chi connectivity index (χ4n) is 3.03. The van der Waals surface area contributed by atoms with Gasteiger partial charge in [0, 0.05) is 24.2 Å². The fraction of sp³-hybridized carbons (Fsp3) is 0.312. The van der Waals surface area contributed by atoms with Gasteiger partial charge in [-0.15, -0.1) is 0 Å². The summed E-state index contributed by atoms with van der Waals surface area (Å²) in [5.74, 6) is -2.38. The van der Waals surface area contributed by atoms with E-state index in [1.807, 2.05) is 0 Å². The van der Waals surface area contributed by atoms with Crippen LogP contribution < -0.4 is 0 Å². The molecule has 6 heteroatoms. The molecule has 2 aromatic rings. The molecule has 0 aliphatic carbocycles. The minimum Gasteiger partial charge on any atom is -0.481 e. The molecule has 1 amide bonds. The maximum Gasteiger partial charge on any atom is 0.308 e. The topological polar surface area (TPSA) is 70.5 Å². The first kappa shape index (κ1) is 14.4. The molecule has 2 atom stereocenters. The number of carboxylic acid groups (broad SMARTS) is 1. The number of carbonyl (C=O) groups is 2. The van der Waals surface area contributed by atoms with Gasteiger partial charge in [0.05, 0.1) is 17.0 Å². The number of carbonyl (C=O) groups excluding carboxylic acids is 1. The Morgan fingerprint density at radius 3 is 2.86 bits per heavy atom. The van der Waals surface area contributed by atoms with Crippen LogP contribution in [0.15, 0.2) is 30.5 Å². The number of hydrogen-bond donors (Lipinski definition) is 1. The standard InChI is InChI=1S/C16H15FN2O3/c1-9-12(16(21)22)4-6-19(9)15(20)13-8-11(17)7-10-3-2-5-18-14(10)13/h2-3,5,7-9,12H,4,6H2,1H3,(H,21,22). The lowest BCUT2D eigenvalue weighted by atomic mass is 10.0. The normalized spacial score (nSPS) is 21.3. The number of benzene rings is 1. The van der Waals surface area contributed by atoms with E-state index in [0.29, 0.717) is 23.9 Å². The summed E-state index contributed by atoms with van der Waals surface area (Å²) >= 11 is 0. The summed E-state index contributed by atoms with van der Waals surface area (Å²) in [7, 11) is 0. The highest BCUT2D eigenvalue weighted by Gasteiger charge is 2.38. The Balaban J connectivity index is 2.01. The van der Waals surface area contributed by atoms with Gasteiger partial charge in [-0.05, 0) is 31.5 Å². The number of halogens is 1. The third kappa shape index (κ3) is 2.30. The van der Waals surface area contributed by atoms with Crippen LogP contribution in [-0.4, -0.2) is 39.5 Å². The first-order chi connectivity index (χ1) is 10.5. The molecule has 1 aromatic carbocycles. The van der Waals surface area contributed by atoms with Gasteiger partial charge in [-0.25, -0.2) is 4.39 Å². The van der Waals surface area contributed by atoms with Crippen molar-refractivity contribution in [3.63, 3.8) is 0 Å². The maximum atomic E-state index is 13.8. The van der Waals surface area contributed by atoms with Crippen LogP contribution in [0.4, 0.5) is 4.39 Å². The number of hydrogen-bond acceptors (Lipinski definition) is 3. The zero-order valence-electron chi connectivity index (χ0n) is 12.0. The van der Waals surface area contributed by atoms with Crippen LogP contribution in [0.3, 0.4) is 0 Å². The molecule has 22 heavy (non-hydrogen) atoms. The number of aromatic nitrogens is 1. The molecule has 1 N–H and O–H groups in total. The Kier molecular flexibility index (Phi) is 3.52. The van der Waals surface area contributed by atoms with E-state index in [1.165, 1.54) is 17.0 Å². The molecule has 1 saturated heterocycles. The molecule has 1 aliphatic heterocycles. The zero-order valence-corrected chi connectivity index (χ0v) is 12.0. The van der Waals surface area contributed by atoms with Crippen molar-refractivity contribution in [1.29, 1.82) is 0 Å². The first-order valence-corrected chi connectivity index (χ1v) is 7.07. The smallest absolute Gasteiger partial charge is 0.308 e. The van der Waals surface area contributed by atoms with Gasteiger partial charge in [0.15, 0.2) is 0 Å². The van der Waals surface area contributed by atoms with Gasteiger partial charge in [0.2, 0.25) is 0 Å². The largest absolute Gasteiger partial charge is 0.481 e. The Labute approximate surface area is 126 Å². The van der Waals surface area contributed by atoms with E-state index in [2.05, 4.69) is 4.98 Å². The quantitative estimate of drug-likeness (QED) is 0.924. The second-order valence-corrected chi connectivity index (χ2v) is 5.50. The summed E-state index contributed by atoms with van der Waals surface area (Å²) in [4.78, 5) is 29.5.